The minimum Gasteiger partial charge on any atom is -0.338 e. The third-order valence-corrected chi connectivity index (χ3v) is 3.33. The Hall–Kier alpha value is -2.41. The normalized spacial score (nSPS) is 10.4. The van der Waals surface area contributed by atoms with E-state index in [-0.39, 0.29) is 11.8 Å². The Morgan fingerprint density at radius 1 is 1.30 bits per heavy atom. The van der Waals surface area contributed by atoms with Gasteiger partial charge in [0.25, 0.3) is 5.91 Å². The summed E-state index contributed by atoms with van der Waals surface area (Å²) in [5, 5.41) is 12.8. The first-order chi connectivity index (χ1) is 9.74. The zero-order valence-electron chi connectivity index (χ0n) is 10.1. The van der Waals surface area contributed by atoms with Crippen molar-refractivity contribution < 1.29 is 9.32 Å². The Labute approximate surface area is 122 Å². The fourth-order valence-corrected chi connectivity index (χ4v) is 2.18. The van der Waals surface area contributed by atoms with Gasteiger partial charge in [-0.2, -0.15) is 5.10 Å². The lowest BCUT2D eigenvalue weighted by Gasteiger charge is -1.98. The van der Waals surface area contributed by atoms with Crippen LogP contribution in [-0.2, 0) is 0 Å². The van der Waals surface area contributed by atoms with E-state index in [9.17, 15) is 4.79 Å². The number of halogens is 1. The van der Waals surface area contributed by atoms with Gasteiger partial charge in [0.2, 0.25) is 5.88 Å². The van der Waals surface area contributed by atoms with Crippen molar-refractivity contribution in [2.75, 3.05) is 5.32 Å². The predicted octanol–water partition coefficient (Wildman–Crippen LogP) is 3.08. The summed E-state index contributed by atoms with van der Waals surface area (Å²) in [6, 6.07) is 10.9. The average Bonchev–Trinajstić information content (AvgIpc) is 3.10. The van der Waals surface area contributed by atoms with E-state index >= 15 is 0 Å². The number of carbonyl (C=O) groups is 1. The van der Waals surface area contributed by atoms with Gasteiger partial charge in [0.05, 0.1) is 0 Å². The number of rotatable bonds is 3. The third kappa shape index (κ3) is 2.48. The van der Waals surface area contributed by atoms with Crippen molar-refractivity contribution >= 4 is 27.7 Å². The molecule has 0 aliphatic heterocycles. The predicted molar refractivity (Wildman–Crippen MR) is 76.2 cm³/mol. The second-order valence-corrected chi connectivity index (χ2v) is 4.84. The molecule has 0 radical (unpaired) electrons. The van der Waals surface area contributed by atoms with Crippen molar-refractivity contribution in [3.8, 4) is 11.3 Å². The molecule has 0 spiro atoms. The zero-order chi connectivity index (χ0) is 13.9. The summed E-state index contributed by atoms with van der Waals surface area (Å²) >= 11 is 3.44. The first-order valence-corrected chi connectivity index (χ1v) is 6.55. The molecule has 0 aliphatic rings. The first-order valence-electron chi connectivity index (χ1n) is 5.76. The summed E-state index contributed by atoms with van der Waals surface area (Å²) in [6.07, 6.45) is 1.50. The van der Waals surface area contributed by atoms with Gasteiger partial charge < -0.3 is 4.52 Å². The number of H-pyrrole nitrogens is 1. The lowest BCUT2D eigenvalue weighted by molar-refractivity contribution is 0.101. The van der Waals surface area contributed by atoms with Crippen LogP contribution in [0.1, 0.15) is 10.5 Å². The summed E-state index contributed by atoms with van der Waals surface area (Å²) in [5.41, 5.74) is 1.87. The lowest BCUT2D eigenvalue weighted by Crippen LogP contribution is -2.11. The van der Waals surface area contributed by atoms with Crippen LogP contribution < -0.4 is 5.32 Å². The van der Waals surface area contributed by atoms with Crippen molar-refractivity contribution in [3.63, 3.8) is 0 Å². The zero-order valence-corrected chi connectivity index (χ0v) is 11.7. The van der Waals surface area contributed by atoms with Gasteiger partial charge in [-0.15, -0.1) is 0 Å². The van der Waals surface area contributed by atoms with Crippen LogP contribution in [0.4, 0.5) is 5.88 Å². The van der Waals surface area contributed by atoms with E-state index < -0.39 is 0 Å². The van der Waals surface area contributed by atoms with Crippen LogP contribution in [0.15, 0.2) is 51.6 Å². The minimum atomic E-state index is -0.336. The number of hydrogen-bond acceptors (Lipinski definition) is 4. The lowest BCUT2D eigenvalue weighted by atomic mass is 10.1. The highest BCUT2D eigenvalue weighted by Gasteiger charge is 2.13. The number of nitrogens with one attached hydrogen (secondary N) is 2. The third-order valence-electron chi connectivity index (χ3n) is 2.64. The molecule has 100 valence electrons. The summed E-state index contributed by atoms with van der Waals surface area (Å²) in [5.74, 6) is -0.0623. The quantitative estimate of drug-likeness (QED) is 0.771. The van der Waals surface area contributed by atoms with Gasteiger partial charge in [0.15, 0.2) is 0 Å². The molecule has 2 heterocycles. The molecule has 0 aliphatic carbocycles. The van der Waals surface area contributed by atoms with E-state index in [2.05, 4.69) is 36.6 Å². The molecule has 0 saturated heterocycles. The molecule has 0 fully saturated rings. The topological polar surface area (TPSA) is 83.8 Å². The Balaban J connectivity index is 1.81. The molecule has 0 unspecified atom stereocenters. The van der Waals surface area contributed by atoms with Crippen molar-refractivity contribution in [2.24, 2.45) is 0 Å². The molecule has 3 aromatic rings. The number of aromatic amines is 1. The van der Waals surface area contributed by atoms with Gasteiger partial charge >= 0.3 is 0 Å². The molecule has 0 bridgehead atoms. The molecule has 2 N–H and O–H groups in total. The molecular weight excluding hydrogens is 324 g/mol. The van der Waals surface area contributed by atoms with Crippen LogP contribution in [0.2, 0.25) is 0 Å². The monoisotopic (exact) mass is 332 g/mol. The molecule has 3 rings (SSSR count). The van der Waals surface area contributed by atoms with E-state index in [0.29, 0.717) is 11.4 Å². The average molecular weight is 333 g/mol. The second kappa shape index (κ2) is 5.30. The number of anilines is 1. The van der Waals surface area contributed by atoms with Crippen molar-refractivity contribution in [1.29, 1.82) is 0 Å². The number of nitrogens with zero attached hydrogens (tertiary/aromatic N) is 2. The highest BCUT2D eigenvalue weighted by atomic mass is 79.9. The van der Waals surface area contributed by atoms with Gasteiger partial charge in [0.1, 0.15) is 11.4 Å². The maximum absolute atomic E-state index is 11.8. The van der Waals surface area contributed by atoms with Crippen LogP contribution in [0.3, 0.4) is 0 Å². The summed E-state index contributed by atoms with van der Waals surface area (Å²) in [6.45, 7) is 0. The molecule has 6 nitrogen and oxygen atoms in total. The highest BCUT2D eigenvalue weighted by Crippen LogP contribution is 2.28. The maximum atomic E-state index is 11.8. The molecule has 1 aromatic carbocycles. The van der Waals surface area contributed by atoms with Gasteiger partial charge in [-0.1, -0.05) is 39.3 Å². The highest BCUT2D eigenvalue weighted by molar-refractivity contribution is 9.10. The largest absolute Gasteiger partial charge is 0.338 e. The Morgan fingerprint density at radius 2 is 2.15 bits per heavy atom. The Kier molecular flexibility index (Phi) is 3.34. The van der Waals surface area contributed by atoms with Gasteiger partial charge in [-0.05, 0) is 12.1 Å². The molecular formula is C13H9BrN4O2. The maximum Gasteiger partial charge on any atom is 0.276 e. The van der Waals surface area contributed by atoms with Crippen LogP contribution in [-0.4, -0.2) is 21.3 Å². The van der Waals surface area contributed by atoms with Crippen LogP contribution in [0.25, 0.3) is 11.3 Å². The number of benzene rings is 1. The van der Waals surface area contributed by atoms with Gasteiger partial charge in [0, 0.05) is 22.3 Å². The SMILES string of the molecule is O=C(Nc1cc(-c2ccccc2Br)no1)c1ccn[nH]1. The summed E-state index contributed by atoms with van der Waals surface area (Å²) in [4.78, 5) is 11.8. The molecule has 20 heavy (non-hydrogen) atoms. The van der Waals surface area contributed by atoms with E-state index in [1.807, 2.05) is 24.3 Å². The van der Waals surface area contributed by atoms with Crippen molar-refractivity contribution in [3.05, 3.63) is 52.8 Å². The molecule has 7 heteroatoms. The summed E-state index contributed by atoms with van der Waals surface area (Å²) < 4.78 is 6.01. The fraction of sp³-hybridized carbons (Fsp3) is 0. The molecule has 0 atom stereocenters. The smallest absolute Gasteiger partial charge is 0.276 e. The van der Waals surface area contributed by atoms with Crippen LogP contribution in [0, 0.1) is 0 Å². The van der Waals surface area contributed by atoms with Crippen molar-refractivity contribution in [1.82, 2.24) is 15.4 Å². The van der Waals surface area contributed by atoms with Gasteiger partial charge in [-0.25, -0.2) is 0 Å². The molecule has 2 aromatic heterocycles. The van der Waals surface area contributed by atoms with E-state index in [1.54, 1.807) is 12.1 Å². The first kappa shape index (κ1) is 12.6. The minimum absolute atomic E-state index is 0.273. The number of amides is 1. The second-order valence-electron chi connectivity index (χ2n) is 3.98. The Bertz CT molecular complexity index is 736. The number of aromatic nitrogens is 3. The van der Waals surface area contributed by atoms with E-state index in [4.69, 9.17) is 4.52 Å². The van der Waals surface area contributed by atoms with Gasteiger partial charge in [-0.3, -0.25) is 15.2 Å². The molecule has 0 saturated carbocycles. The molecule has 1 amide bonds. The van der Waals surface area contributed by atoms with Crippen LogP contribution in [0.5, 0.6) is 0 Å². The Morgan fingerprint density at radius 3 is 2.90 bits per heavy atom. The number of hydrogen-bond donors (Lipinski definition) is 2. The standard InChI is InChI=1S/C13H9BrN4O2/c14-9-4-2-1-3-8(9)11-7-12(20-18-11)16-13(19)10-5-6-15-17-10/h1-7H,(H,15,17)(H,16,19). The van der Waals surface area contributed by atoms with Crippen molar-refractivity contribution in [2.45, 2.75) is 0 Å². The van der Waals surface area contributed by atoms with Crippen LogP contribution >= 0.6 is 15.9 Å². The van der Waals surface area contributed by atoms with E-state index in [1.165, 1.54) is 6.20 Å². The van der Waals surface area contributed by atoms with E-state index in [0.717, 1.165) is 10.0 Å². The number of carbonyl (C=O) groups excluding carboxylic acids is 1. The fourth-order valence-electron chi connectivity index (χ4n) is 1.69. The summed E-state index contributed by atoms with van der Waals surface area (Å²) in [7, 11) is 0.